The Morgan fingerprint density at radius 2 is 1.90 bits per heavy atom. The Kier molecular flexibility index (Phi) is 9.04. The van der Waals surface area contributed by atoms with Gasteiger partial charge in [0.1, 0.15) is 0 Å². The molecule has 0 aliphatic heterocycles. The first-order valence-corrected chi connectivity index (χ1v) is 4.08. The monoisotopic (exact) mass is 164 g/mol. The highest BCUT2D eigenvalue weighted by Gasteiger charge is 1.88. The lowest BCUT2D eigenvalue weighted by atomic mass is 10.2. The van der Waals surface area contributed by atoms with E-state index in [-0.39, 0.29) is 8.69 Å². The molecular weight excluding hydrogens is 151 g/mol. The van der Waals surface area contributed by atoms with Crippen molar-refractivity contribution in [3.63, 3.8) is 0 Å². The third-order valence-electron chi connectivity index (χ3n) is 1.14. The fourth-order valence-electron chi connectivity index (χ4n) is 0.627. The van der Waals surface area contributed by atoms with Gasteiger partial charge in [-0.05, 0) is 19.3 Å². The minimum Gasteiger partial charge on any atom is -0.385 e. The zero-order valence-electron chi connectivity index (χ0n) is 6.21. The molecule has 4 heteroatoms. The molecule has 0 spiro atoms. The highest BCUT2D eigenvalue weighted by Crippen LogP contribution is 2.00. The Morgan fingerprint density at radius 3 is 2.50 bits per heavy atom. The number of hydrogen-bond donors (Lipinski definition) is 0. The van der Waals surface area contributed by atoms with E-state index in [2.05, 4.69) is 4.52 Å². The summed E-state index contributed by atoms with van der Waals surface area (Å²) in [5.74, 6) is 0. The summed E-state index contributed by atoms with van der Waals surface area (Å²) in [5, 5.41) is 0. The number of unbranched alkanes of at least 4 members (excludes halogenated alkanes) is 2. The third kappa shape index (κ3) is 8.02. The fraction of sp³-hybridized carbons (Fsp3) is 1.00. The molecule has 60 valence electrons. The molecule has 10 heavy (non-hydrogen) atoms. The summed E-state index contributed by atoms with van der Waals surface area (Å²) in [4.78, 5) is 0. The van der Waals surface area contributed by atoms with Gasteiger partial charge in [0.2, 0.25) is 0 Å². The molecule has 0 atom stereocenters. The highest BCUT2D eigenvalue weighted by atomic mass is 31.1. The lowest BCUT2D eigenvalue weighted by molar-refractivity contribution is 0.190. The summed E-state index contributed by atoms with van der Waals surface area (Å²) < 4.78 is 19.2. The smallest absolute Gasteiger partial charge is 0.327 e. The lowest BCUT2D eigenvalue weighted by Gasteiger charge is -1.96. The Morgan fingerprint density at radius 1 is 1.20 bits per heavy atom. The summed E-state index contributed by atoms with van der Waals surface area (Å²) in [6.45, 7) is 1.38. The second kappa shape index (κ2) is 9.02. The van der Waals surface area contributed by atoms with Crippen molar-refractivity contribution in [1.29, 1.82) is 0 Å². The quantitative estimate of drug-likeness (QED) is 0.426. The van der Waals surface area contributed by atoms with Gasteiger partial charge in [-0.15, -0.1) is 0 Å². The van der Waals surface area contributed by atoms with Gasteiger partial charge in [0.05, 0.1) is 6.61 Å². The van der Waals surface area contributed by atoms with Gasteiger partial charge in [-0.1, -0.05) is 0 Å². The van der Waals surface area contributed by atoms with Crippen molar-refractivity contribution < 1.29 is 13.8 Å². The molecule has 0 fully saturated rings. The van der Waals surface area contributed by atoms with Crippen LogP contribution < -0.4 is 0 Å². The van der Waals surface area contributed by atoms with Crippen LogP contribution in [-0.2, 0) is 13.8 Å². The van der Waals surface area contributed by atoms with Crippen LogP contribution in [0.3, 0.4) is 0 Å². The molecule has 0 amide bonds. The van der Waals surface area contributed by atoms with Gasteiger partial charge in [0.25, 0.3) is 0 Å². The van der Waals surface area contributed by atoms with E-state index >= 15 is 0 Å². The molecule has 0 unspecified atom stereocenters. The van der Waals surface area contributed by atoms with Crippen LogP contribution in [0, 0.1) is 0 Å². The van der Waals surface area contributed by atoms with Crippen LogP contribution in [0.2, 0.25) is 0 Å². The Bertz CT molecular complexity index is 77.4. The normalized spacial score (nSPS) is 10.5. The van der Waals surface area contributed by atoms with Crippen LogP contribution in [0.1, 0.15) is 19.3 Å². The maximum absolute atomic E-state index is 9.74. The second-order valence-corrected chi connectivity index (χ2v) is 2.37. The van der Waals surface area contributed by atoms with E-state index in [9.17, 15) is 4.57 Å². The Balaban J connectivity index is 2.70. The predicted molar refractivity (Wildman–Crippen MR) is 39.3 cm³/mol. The second-order valence-electron chi connectivity index (χ2n) is 1.96. The van der Waals surface area contributed by atoms with Gasteiger partial charge >= 0.3 is 8.69 Å². The van der Waals surface area contributed by atoms with Crippen LogP contribution in [0.5, 0.6) is 0 Å². The van der Waals surface area contributed by atoms with Crippen LogP contribution in [-0.4, -0.2) is 20.3 Å². The minimum atomic E-state index is -0.214. The topological polar surface area (TPSA) is 35.5 Å². The molecule has 0 N–H and O–H groups in total. The predicted octanol–water partition coefficient (Wildman–Crippen LogP) is 2.03. The van der Waals surface area contributed by atoms with E-state index in [0.29, 0.717) is 6.61 Å². The van der Waals surface area contributed by atoms with E-state index < -0.39 is 0 Å². The van der Waals surface area contributed by atoms with Crippen molar-refractivity contribution in [1.82, 2.24) is 0 Å². The molecule has 0 aromatic carbocycles. The molecule has 0 saturated heterocycles. The molecule has 0 aliphatic carbocycles. The fourth-order valence-corrected chi connectivity index (χ4v) is 0.831. The van der Waals surface area contributed by atoms with E-state index in [1.807, 2.05) is 0 Å². The van der Waals surface area contributed by atoms with Crippen molar-refractivity contribution in [3.05, 3.63) is 0 Å². The first-order valence-electron chi connectivity index (χ1n) is 3.35. The van der Waals surface area contributed by atoms with E-state index in [0.717, 1.165) is 25.9 Å². The van der Waals surface area contributed by atoms with Crippen molar-refractivity contribution >= 4 is 8.69 Å². The Hall–Kier alpha value is 0.0200. The molecule has 3 nitrogen and oxygen atoms in total. The van der Waals surface area contributed by atoms with Crippen molar-refractivity contribution in [2.45, 2.75) is 19.3 Å². The number of ether oxygens (including phenoxy) is 1. The summed E-state index contributed by atoms with van der Waals surface area (Å²) in [6, 6.07) is 0. The number of rotatable bonds is 7. The lowest BCUT2D eigenvalue weighted by Crippen LogP contribution is -1.90. The zero-order valence-corrected chi connectivity index (χ0v) is 7.10. The largest absolute Gasteiger partial charge is 0.385 e. The summed E-state index contributed by atoms with van der Waals surface area (Å²) in [7, 11) is 1.47. The van der Waals surface area contributed by atoms with E-state index in [1.165, 1.54) is 0 Å². The van der Waals surface area contributed by atoms with Crippen LogP contribution in [0.25, 0.3) is 0 Å². The molecule has 0 heterocycles. The van der Waals surface area contributed by atoms with Gasteiger partial charge in [0, 0.05) is 13.7 Å². The van der Waals surface area contributed by atoms with Crippen molar-refractivity contribution in [2.24, 2.45) is 0 Å². The van der Waals surface area contributed by atoms with Crippen molar-refractivity contribution in [3.8, 4) is 0 Å². The average Bonchev–Trinajstić information content (AvgIpc) is 1.97. The minimum absolute atomic E-state index is 0.214. The molecule has 0 aromatic rings. The average molecular weight is 164 g/mol. The van der Waals surface area contributed by atoms with Gasteiger partial charge in [-0.2, -0.15) is 0 Å². The maximum atomic E-state index is 9.74. The number of methoxy groups -OCH3 is 1. The summed E-state index contributed by atoms with van der Waals surface area (Å²) in [5.41, 5.74) is 0. The summed E-state index contributed by atoms with van der Waals surface area (Å²) in [6.07, 6.45) is 3.08. The SMILES string of the molecule is COCCCCCOP=O. The zero-order chi connectivity index (χ0) is 7.66. The van der Waals surface area contributed by atoms with Crippen LogP contribution >= 0.6 is 8.69 Å². The first-order chi connectivity index (χ1) is 4.91. The summed E-state index contributed by atoms with van der Waals surface area (Å²) >= 11 is 0. The highest BCUT2D eigenvalue weighted by molar-refractivity contribution is 7.17. The first kappa shape index (κ1) is 10.0. The maximum Gasteiger partial charge on any atom is 0.327 e. The Labute approximate surface area is 63.0 Å². The molecule has 0 aromatic heterocycles. The molecular formula is C6H13O3P. The standard InChI is InChI=1S/C6H13O3P/c1-8-5-3-2-4-6-9-10-7/h2-6H2,1H3. The van der Waals surface area contributed by atoms with Gasteiger partial charge in [-0.25, -0.2) is 4.57 Å². The number of hydrogen-bond acceptors (Lipinski definition) is 3. The van der Waals surface area contributed by atoms with E-state index in [4.69, 9.17) is 4.74 Å². The molecule has 0 rings (SSSR count). The van der Waals surface area contributed by atoms with Gasteiger partial charge in [0.15, 0.2) is 0 Å². The van der Waals surface area contributed by atoms with Gasteiger partial charge < -0.3 is 4.74 Å². The molecule has 0 bridgehead atoms. The molecule has 0 saturated carbocycles. The third-order valence-corrected chi connectivity index (χ3v) is 1.42. The molecule has 0 aliphatic rings. The van der Waals surface area contributed by atoms with Crippen LogP contribution in [0.4, 0.5) is 0 Å². The van der Waals surface area contributed by atoms with Crippen molar-refractivity contribution in [2.75, 3.05) is 20.3 Å². The molecule has 0 radical (unpaired) electrons. The van der Waals surface area contributed by atoms with Crippen LogP contribution in [0.15, 0.2) is 0 Å². The van der Waals surface area contributed by atoms with Gasteiger partial charge in [-0.3, -0.25) is 4.52 Å². The van der Waals surface area contributed by atoms with E-state index in [1.54, 1.807) is 7.11 Å².